The van der Waals surface area contributed by atoms with E-state index in [1.54, 1.807) is 11.8 Å². The first kappa shape index (κ1) is 17.5. The van der Waals surface area contributed by atoms with Crippen molar-refractivity contribution in [3.8, 4) is 0 Å². The number of thioether (sulfide) groups is 1. The zero-order chi connectivity index (χ0) is 17.6. The minimum absolute atomic E-state index is 0.0250. The Labute approximate surface area is 152 Å². The van der Waals surface area contributed by atoms with Crippen LogP contribution in [0, 0.1) is 5.92 Å². The molecule has 0 aliphatic carbocycles. The van der Waals surface area contributed by atoms with Gasteiger partial charge in [0, 0.05) is 23.6 Å². The van der Waals surface area contributed by atoms with Crippen molar-refractivity contribution < 1.29 is 4.79 Å². The molecule has 2 N–H and O–H groups in total. The summed E-state index contributed by atoms with van der Waals surface area (Å²) in [5.74, 6) is 2.46. The van der Waals surface area contributed by atoms with Crippen LogP contribution in [-0.2, 0) is 6.42 Å². The summed E-state index contributed by atoms with van der Waals surface area (Å²) in [5, 5.41) is 3.01. The molecule has 0 unspecified atom stereocenters. The molecular formula is C20H23N3OS. The van der Waals surface area contributed by atoms with Gasteiger partial charge in [0.05, 0.1) is 16.6 Å². The highest BCUT2D eigenvalue weighted by molar-refractivity contribution is 7.99. The van der Waals surface area contributed by atoms with Gasteiger partial charge in [0.2, 0.25) is 0 Å². The maximum atomic E-state index is 12.5. The van der Waals surface area contributed by atoms with Crippen LogP contribution < -0.4 is 5.32 Å². The number of fused-ring (bicyclic) bond motifs is 1. The number of carbonyl (C=O) groups is 1. The number of benzene rings is 2. The molecule has 0 saturated carbocycles. The highest BCUT2D eigenvalue weighted by Gasteiger charge is 2.12. The van der Waals surface area contributed by atoms with Crippen LogP contribution in [0.2, 0.25) is 0 Å². The molecule has 0 aliphatic rings. The van der Waals surface area contributed by atoms with E-state index in [0.717, 1.165) is 33.1 Å². The van der Waals surface area contributed by atoms with Gasteiger partial charge in [-0.1, -0.05) is 38.1 Å². The fourth-order valence-electron chi connectivity index (χ4n) is 2.55. The zero-order valence-corrected chi connectivity index (χ0v) is 15.4. The number of aromatic amines is 1. The van der Waals surface area contributed by atoms with Crippen LogP contribution in [0.1, 0.15) is 30.0 Å². The summed E-state index contributed by atoms with van der Waals surface area (Å²) in [6, 6.07) is 15.7. The number of nitrogens with zero attached hydrogens (tertiary/aromatic N) is 1. The molecule has 0 spiro atoms. The van der Waals surface area contributed by atoms with E-state index in [0.29, 0.717) is 18.9 Å². The molecule has 2 aromatic carbocycles. The minimum Gasteiger partial charge on any atom is -0.352 e. The number of rotatable bonds is 7. The Balaban J connectivity index is 1.59. The second-order valence-corrected chi connectivity index (χ2v) is 7.47. The fraction of sp³-hybridized carbons (Fsp3) is 0.300. The van der Waals surface area contributed by atoms with Crippen molar-refractivity contribution in [1.29, 1.82) is 0 Å². The predicted octanol–water partition coefficient (Wildman–Crippen LogP) is 4.28. The van der Waals surface area contributed by atoms with Crippen LogP contribution in [0.15, 0.2) is 53.4 Å². The van der Waals surface area contributed by atoms with Gasteiger partial charge < -0.3 is 10.3 Å². The summed E-state index contributed by atoms with van der Waals surface area (Å²) >= 11 is 1.74. The number of hydrogen-bond acceptors (Lipinski definition) is 3. The molecule has 25 heavy (non-hydrogen) atoms. The van der Waals surface area contributed by atoms with Crippen LogP contribution in [0.4, 0.5) is 0 Å². The van der Waals surface area contributed by atoms with Gasteiger partial charge >= 0.3 is 0 Å². The van der Waals surface area contributed by atoms with Crippen molar-refractivity contribution in [2.24, 2.45) is 5.92 Å². The van der Waals surface area contributed by atoms with E-state index in [2.05, 4.69) is 29.1 Å². The Hall–Kier alpha value is -2.27. The number of aromatic nitrogens is 2. The first-order valence-corrected chi connectivity index (χ1v) is 9.55. The second-order valence-electron chi connectivity index (χ2n) is 6.41. The minimum atomic E-state index is -0.0250. The number of carbonyl (C=O) groups excluding carboxylic acids is 1. The zero-order valence-electron chi connectivity index (χ0n) is 14.6. The molecule has 1 heterocycles. The van der Waals surface area contributed by atoms with Gasteiger partial charge in [-0.25, -0.2) is 4.98 Å². The molecule has 0 atom stereocenters. The molecule has 5 heteroatoms. The van der Waals surface area contributed by atoms with E-state index in [4.69, 9.17) is 0 Å². The predicted molar refractivity (Wildman–Crippen MR) is 104 cm³/mol. The molecule has 0 aliphatic heterocycles. The Morgan fingerprint density at radius 1 is 1.16 bits per heavy atom. The Bertz CT molecular complexity index is 824. The van der Waals surface area contributed by atoms with Crippen molar-refractivity contribution in [1.82, 2.24) is 15.3 Å². The molecule has 0 bridgehead atoms. The van der Waals surface area contributed by atoms with Crippen LogP contribution in [-0.4, -0.2) is 28.2 Å². The first-order chi connectivity index (χ1) is 12.1. The summed E-state index contributed by atoms with van der Waals surface area (Å²) in [5.41, 5.74) is 2.73. The number of amides is 1. The number of para-hydroxylation sites is 2. The summed E-state index contributed by atoms with van der Waals surface area (Å²) in [7, 11) is 0. The normalized spacial score (nSPS) is 11.2. The van der Waals surface area contributed by atoms with Crippen LogP contribution in [0.5, 0.6) is 0 Å². The lowest BCUT2D eigenvalue weighted by molar-refractivity contribution is 0.0951. The highest BCUT2D eigenvalue weighted by Crippen LogP contribution is 2.24. The van der Waals surface area contributed by atoms with Crippen molar-refractivity contribution in [2.45, 2.75) is 25.2 Å². The van der Waals surface area contributed by atoms with E-state index >= 15 is 0 Å². The van der Waals surface area contributed by atoms with E-state index < -0.39 is 0 Å². The van der Waals surface area contributed by atoms with Crippen molar-refractivity contribution in [3.05, 3.63) is 59.9 Å². The molecule has 1 amide bonds. The quantitative estimate of drug-likeness (QED) is 0.623. The number of imidazole rings is 1. The molecule has 4 nitrogen and oxygen atoms in total. The van der Waals surface area contributed by atoms with Gasteiger partial charge in [0.25, 0.3) is 5.91 Å². The average Bonchev–Trinajstić information content (AvgIpc) is 3.02. The third-order valence-corrected chi connectivity index (χ3v) is 5.29. The van der Waals surface area contributed by atoms with Gasteiger partial charge in [0.15, 0.2) is 0 Å². The Kier molecular flexibility index (Phi) is 5.76. The van der Waals surface area contributed by atoms with Crippen LogP contribution in [0.25, 0.3) is 11.0 Å². The van der Waals surface area contributed by atoms with Crippen molar-refractivity contribution in [2.75, 3.05) is 12.3 Å². The topological polar surface area (TPSA) is 57.8 Å². The van der Waals surface area contributed by atoms with E-state index in [-0.39, 0.29) is 5.91 Å². The van der Waals surface area contributed by atoms with Crippen LogP contribution >= 0.6 is 11.8 Å². The third-order valence-electron chi connectivity index (χ3n) is 3.79. The lowest BCUT2D eigenvalue weighted by Crippen LogP contribution is -2.26. The van der Waals surface area contributed by atoms with Crippen molar-refractivity contribution >= 4 is 28.7 Å². The van der Waals surface area contributed by atoms with Gasteiger partial charge in [-0.3, -0.25) is 4.79 Å². The molecule has 3 aromatic rings. The molecule has 0 radical (unpaired) electrons. The summed E-state index contributed by atoms with van der Waals surface area (Å²) in [6.07, 6.45) is 0.682. The Morgan fingerprint density at radius 3 is 2.72 bits per heavy atom. The molecule has 0 saturated heterocycles. The maximum Gasteiger partial charge on any atom is 0.252 e. The van der Waals surface area contributed by atoms with Gasteiger partial charge in [-0.2, -0.15) is 0 Å². The van der Waals surface area contributed by atoms with Gasteiger partial charge in [0.1, 0.15) is 5.82 Å². The maximum absolute atomic E-state index is 12.5. The average molecular weight is 353 g/mol. The second kappa shape index (κ2) is 8.21. The molecule has 0 fully saturated rings. The third kappa shape index (κ3) is 4.63. The smallest absolute Gasteiger partial charge is 0.252 e. The van der Waals surface area contributed by atoms with E-state index in [1.165, 1.54) is 0 Å². The van der Waals surface area contributed by atoms with Crippen molar-refractivity contribution in [3.63, 3.8) is 0 Å². The molecular weight excluding hydrogens is 330 g/mol. The van der Waals surface area contributed by atoms with E-state index in [1.807, 2.05) is 48.5 Å². The highest BCUT2D eigenvalue weighted by atomic mass is 32.2. The number of H-pyrrole nitrogens is 1. The van der Waals surface area contributed by atoms with Gasteiger partial charge in [-0.15, -0.1) is 11.8 Å². The molecule has 130 valence electrons. The van der Waals surface area contributed by atoms with E-state index in [9.17, 15) is 4.79 Å². The standard InChI is InChI=1S/C20H23N3OS/c1-14(2)13-25-18-10-6-3-7-15(18)20(24)21-12-11-19-22-16-8-4-5-9-17(16)23-19/h3-10,14H,11-13H2,1-2H3,(H,21,24)(H,22,23). The Morgan fingerprint density at radius 2 is 1.92 bits per heavy atom. The number of nitrogens with one attached hydrogen (secondary N) is 2. The summed E-state index contributed by atoms with van der Waals surface area (Å²) in [6.45, 7) is 4.92. The SMILES string of the molecule is CC(C)CSc1ccccc1C(=O)NCCc1nc2ccccc2[nH]1. The monoisotopic (exact) mass is 353 g/mol. The largest absolute Gasteiger partial charge is 0.352 e. The molecule has 1 aromatic heterocycles. The van der Waals surface area contributed by atoms with Crippen LogP contribution in [0.3, 0.4) is 0 Å². The molecule has 3 rings (SSSR count). The summed E-state index contributed by atoms with van der Waals surface area (Å²) < 4.78 is 0. The number of hydrogen-bond donors (Lipinski definition) is 2. The van der Waals surface area contributed by atoms with Gasteiger partial charge in [-0.05, 0) is 30.2 Å². The summed E-state index contributed by atoms with van der Waals surface area (Å²) in [4.78, 5) is 21.4. The lowest BCUT2D eigenvalue weighted by atomic mass is 10.2. The fourth-order valence-corrected chi connectivity index (χ4v) is 3.55. The first-order valence-electron chi connectivity index (χ1n) is 8.57. The lowest BCUT2D eigenvalue weighted by Gasteiger charge is -2.10.